The zero-order valence-corrected chi connectivity index (χ0v) is 38.3. The molecule has 0 unspecified atom stereocenters. The number of hydrogen-bond donors (Lipinski definition) is 1. The molecular formula is C44H59ClN2O12S2. The lowest BCUT2D eigenvalue weighted by atomic mass is 9.81. The Morgan fingerprint density at radius 3 is 1.97 bits per heavy atom. The Morgan fingerprint density at radius 2 is 1.34 bits per heavy atom. The minimum Gasteiger partial charge on any atom is -0.744 e. The molecule has 0 saturated carbocycles. The van der Waals surface area contributed by atoms with Crippen LogP contribution in [0.15, 0.2) is 92.4 Å². The highest BCUT2D eigenvalue weighted by Crippen LogP contribution is 2.49. The zero-order valence-electron chi connectivity index (χ0n) is 35.9. The van der Waals surface area contributed by atoms with Crippen molar-refractivity contribution in [3.63, 3.8) is 0 Å². The van der Waals surface area contributed by atoms with E-state index in [-0.39, 0.29) is 9.79 Å². The van der Waals surface area contributed by atoms with E-state index in [2.05, 4.69) is 9.48 Å². The van der Waals surface area contributed by atoms with Crippen LogP contribution in [-0.4, -0.2) is 130 Å². The van der Waals surface area contributed by atoms with Gasteiger partial charge in [-0.2, -0.15) is 13.0 Å². The number of benzene rings is 2. The zero-order chi connectivity index (χ0) is 44.4. The second-order valence-corrected chi connectivity index (χ2v) is 19.1. The number of anilines is 1. The Hall–Kier alpha value is -3.26. The third-order valence-corrected chi connectivity index (χ3v) is 13.3. The molecule has 0 spiro atoms. The van der Waals surface area contributed by atoms with Crippen molar-refractivity contribution in [3.05, 3.63) is 93.7 Å². The van der Waals surface area contributed by atoms with Gasteiger partial charge in [0, 0.05) is 60.3 Å². The van der Waals surface area contributed by atoms with Gasteiger partial charge in [-0.25, -0.2) is 8.42 Å². The Morgan fingerprint density at radius 1 is 0.754 bits per heavy atom. The van der Waals surface area contributed by atoms with Crippen LogP contribution in [0.5, 0.6) is 0 Å². The third kappa shape index (κ3) is 12.1. The lowest BCUT2D eigenvalue weighted by Gasteiger charge is -2.27. The molecule has 2 aromatic rings. The number of hydrogen-bond acceptors (Lipinski definition) is 12. The molecule has 5 rings (SSSR count). The highest BCUT2D eigenvalue weighted by atomic mass is 35.5. The predicted molar refractivity (Wildman–Crippen MR) is 233 cm³/mol. The average molecular weight is 908 g/mol. The second-order valence-electron chi connectivity index (χ2n) is 15.9. The number of ether oxygens (including phenoxy) is 6. The van der Waals surface area contributed by atoms with Crippen LogP contribution in [0.3, 0.4) is 0 Å². The van der Waals surface area contributed by atoms with Crippen LogP contribution in [-0.2, 0) is 59.5 Å². The molecule has 0 amide bonds. The van der Waals surface area contributed by atoms with E-state index in [9.17, 15) is 25.9 Å². The number of nitrogens with zero attached hydrogens (tertiary/aromatic N) is 2. The maximum atomic E-state index is 12.2. The lowest BCUT2D eigenvalue weighted by molar-refractivity contribution is -0.442. The molecule has 1 N–H and O–H groups in total. The van der Waals surface area contributed by atoms with E-state index in [0.29, 0.717) is 84.2 Å². The van der Waals surface area contributed by atoms with Crippen molar-refractivity contribution in [2.24, 2.45) is 0 Å². The summed E-state index contributed by atoms with van der Waals surface area (Å²) in [4.78, 5) is 1.64. The first-order chi connectivity index (χ1) is 28.9. The van der Waals surface area contributed by atoms with E-state index in [4.69, 9.17) is 40.0 Å². The van der Waals surface area contributed by atoms with Crippen molar-refractivity contribution >= 4 is 48.9 Å². The summed E-state index contributed by atoms with van der Waals surface area (Å²) < 4.78 is 105. The Balaban J connectivity index is 1.43. The summed E-state index contributed by atoms with van der Waals surface area (Å²) in [6.07, 6.45) is 10.4. The van der Waals surface area contributed by atoms with Gasteiger partial charge in [-0.05, 0) is 86.2 Å². The van der Waals surface area contributed by atoms with E-state index < -0.39 is 31.1 Å². The third-order valence-electron chi connectivity index (χ3n) is 11.2. The Labute approximate surface area is 365 Å². The SMILES string of the molecule is COCCOCCOCCN1/C(=C/C=C2\CCCC(/C=C/C3=[N+](CCOCCOCCOC)c4ccc(S(=O)(=O)O)cc4C3(C)C)=C2Cl)C(C)(C)c2cc(S(=O)(=O)[O-])ccc21. The highest BCUT2D eigenvalue weighted by molar-refractivity contribution is 7.86. The average Bonchev–Trinajstić information content (AvgIpc) is 3.55. The number of halogens is 1. The van der Waals surface area contributed by atoms with Crippen molar-refractivity contribution in [3.8, 4) is 0 Å². The molecule has 2 aromatic carbocycles. The van der Waals surface area contributed by atoms with E-state index in [1.54, 1.807) is 26.4 Å². The summed E-state index contributed by atoms with van der Waals surface area (Å²) in [5, 5.41) is 0.627. The smallest absolute Gasteiger partial charge is 0.294 e. The first-order valence-electron chi connectivity index (χ1n) is 20.3. The first-order valence-corrected chi connectivity index (χ1v) is 23.6. The molecule has 0 aromatic heterocycles. The second kappa shape index (κ2) is 21.4. The van der Waals surface area contributed by atoms with Crippen molar-refractivity contribution in [1.29, 1.82) is 0 Å². The van der Waals surface area contributed by atoms with Crippen LogP contribution in [0.1, 0.15) is 58.1 Å². The van der Waals surface area contributed by atoms with Crippen molar-refractivity contribution in [1.82, 2.24) is 0 Å². The van der Waals surface area contributed by atoms with Crippen LogP contribution in [0.25, 0.3) is 0 Å². The fourth-order valence-electron chi connectivity index (χ4n) is 7.91. The molecule has 2 aliphatic heterocycles. The normalized spacial score (nSPS) is 18.9. The number of methoxy groups -OCH3 is 2. The van der Waals surface area contributed by atoms with E-state index in [1.165, 1.54) is 24.3 Å². The standard InChI is InChI=1S/C44H59ClN2O12S2/c1-43(2)36-30-34(60(48,49)50)12-14-38(36)46(18-20-56-26-28-58-24-22-54-5)40(43)16-10-32-8-7-9-33(42(32)45)11-17-41-44(3,4)37-31-35(61(51,52)53)13-15-39(37)47(41)19-21-57-27-29-59-25-23-55-6/h10-17,30-31H,7-9,18-29H2,1-6H3,(H-,48,49,50,51,52,53). The maximum Gasteiger partial charge on any atom is 0.294 e. The van der Waals surface area contributed by atoms with Gasteiger partial charge in [0.05, 0.1) is 74.7 Å². The fourth-order valence-corrected chi connectivity index (χ4v) is 9.23. The van der Waals surface area contributed by atoms with Gasteiger partial charge in [-0.3, -0.25) is 4.55 Å². The molecule has 0 bridgehead atoms. The van der Waals surface area contributed by atoms with Crippen molar-refractivity contribution in [2.45, 2.75) is 67.6 Å². The summed E-state index contributed by atoms with van der Waals surface area (Å²) in [7, 11) is -5.87. The van der Waals surface area contributed by atoms with Gasteiger partial charge in [-0.15, -0.1) is 0 Å². The molecule has 2 heterocycles. The summed E-state index contributed by atoms with van der Waals surface area (Å²) >= 11 is 7.20. The maximum absolute atomic E-state index is 12.2. The highest BCUT2D eigenvalue weighted by Gasteiger charge is 2.45. The molecule has 1 aliphatic carbocycles. The molecule has 0 fully saturated rings. The minimum absolute atomic E-state index is 0.172. The lowest BCUT2D eigenvalue weighted by Crippen LogP contribution is -2.29. The molecular weight excluding hydrogens is 848 g/mol. The fraction of sp³-hybridized carbons (Fsp3) is 0.523. The summed E-state index contributed by atoms with van der Waals surface area (Å²) in [6.45, 7) is 13.3. The van der Waals surface area contributed by atoms with Gasteiger partial charge in [0.15, 0.2) is 12.3 Å². The van der Waals surface area contributed by atoms with Gasteiger partial charge < -0.3 is 37.9 Å². The number of fused-ring (bicyclic) bond motifs is 2. The first kappa shape index (κ1) is 48.8. The topological polar surface area (TPSA) is 173 Å². The molecule has 0 radical (unpaired) electrons. The predicted octanol–water partition coefficient (Wildman–Crippen LogP) is 6.41. The van der Waals surface area contributed by atoms with Gasteiger partial charge in [0.1, 0.15) is 16.7 Å². The summed E-state index contributed by atoms with van der Waals surface area (Å²) in [5.41, 5.74) is 5.47. The summed E-state index contributed by atoms with van der Waals surface area (Å²) in [5.74, 6) is 0. The van der Waals surface area contributed by atoms with Crippen LogP contribution in [0, 0.1) is 0 Å². The quantitative estimate of drug-likeness (QED) is 0.0737. The Kier molecular flexibility index (Phi) is 17.1. The molecule has 0 atom stereocenters. The minimum atomic E-state index is -4.67. The van der Waals surface area contributed by atoms with Crippen LogP contribution < -0.4 is 4.90 Å². The molecule has 17 heteroatoms. The van der Waals surface area contributed by atoms with E-state index in [1.807, 2.05) is 52.0 Å². The molecule has 3 aliphatic rings. The number of rotatable bonds is 23. The van der Waals surface area contributed by atoms with Gasteiger partial charge in [-0.1, -0.05) is 37.6 Å². The molecule has 14 nitrogen and oxygen atoms in total. The van der Waals surface area contributed by atoms with Crippen LogP contribution >= 0.6 is 11.6 Å². The van der Waals surface area contributed by atoms with Crippen LogP contribution in [0.4, 0.5) is 11.4 Å². The van der Waals surface area contributed by atoms with Gasteiger partial charge in [0.2, 0.25) is 5.69 Å². The van der Waals surface area contributed by atoms with Crippen LogP contribution in [0.2, 0.25) is 0 Å². The number of allylic oxidation sites excluding steroid dienone is 8. The van der Waals surface area contributed by atoms with E-state index >= 15 is 0 Å². The molecule has 61 heavy (non-hydrogen) atoms. The summed E-state index contributed by atoms with van der Waals surface area (Å²) in [6, 6.07) is 9.15. The molecule has 336 valence electrons. The van der Waals surface area contributed by atoms with E-state index in [0.717, 1.165) is 64.3 Å². The van der Waals surface area contributed by atoms with Crippen molar-refractivity contribution < 1.29 is 58.9 Å². The monoisotopic (exact) mass is 906 g/mol. The van der Waals surface area contributed by atoms with Gasteiger partial charge >= 0.3 is 0 Å². The largest absolute Gasteiger partial charge is 0.744 e. The Bertz CT molecular complexity index is 2260. The molecule has 0 saturated heterocycles. The van der Waals surface area contributed by atoms with Crippen molar-refractivity contribution in [2.75, 3.05) is 98.3 Å². The van der Waals surface area contributed by atoms with Gasteiger partial charge in [0.25, 0.3) is 10.1 Å².